The second-order valence-corrected chi connectivity index (χ2v) is 7.13. The van der Waals surface area contributed by atoms with Gasteiger partial charge in [0.15, 0.2) is 0 Å². The molecule has 2 atom stereocenters. The smallest absolute Gasteiger partial charge is 0.412 e. The van der Waals surface area contributed by atoms with Gasteiger partial charge in [0.25, 0.3) is 0 Å². The van der Waals surface area contributed by atoms with Crippen LogP contribution in [0.4, 0.5) is 10.5 Å². The highest BCUT2D eigenvalue weighted by molar-refractivity contribution is 5.94. The summed E-state index contributed by atoms with van der Waals surface area (Å²) in [5.74, 6) is 1.17. The number of imidazole rings is 1. The van der Waals surface area contributed by atoms with E-state index in [1.54, 1.807) is 0 Å². The number of benzene rings is 2. The van der Waals surface area contributed by atoms with Crippen LogP contribution in [0.3, 0.4) is 0 Å². The molecule has 2 heterocycles. The average molecular weight is 349 g/mol. The number of amides is 1. The van der Waals surface area contributed by atoms with E-state index in [1.807, 2.05) is 44.3 Å². The number of carboxylic acid groups (broad SMARTS) is 1. The Balaban J connectivity index is 1.87. The van der Waals surface area contributed by atoms with Gasteiger partial charge in [0.1, 0.15) is 5.82 Å². The van der Waals surface area contributed by atoms with E-state index in [0.29, 0.717) is 0 Å². The zero-order chi connectivity index (χ0) is 18.4. The summed E-state index contributed by atoms with van der Waals surface area (Å²) in [4.78, 5) is 18.2. The molecule has 0 fully saturated rings. The summed E-state index contributed by atoms with van der Waals surface area (Å²) >= 11 is 0. The molecule has 134 valence electrons. The van der Waals surface area contributed by atoms with Crippen LogP contribution in [0.5, 0.6) is 0 Å². The van der Waals surface area contributed by atoms with Crippen molar-refractivity contribution in [2.75, 3.05) is 4.90 Å². The Hall–Kier alpha value is -2.82. The lowest BCUT2D eigenvalue weighted by Gasteiger charge is -2.33. The van der Waals surface area contributed by atoms with Crippen LogP contribution >= 0.6 is 0 Å². The molecule has 1 aliphatic rings. The maximum Gasteiger partial charge on any atom is 0.412 e. The maximum atomic E-state index is 11.7. The third kappa shape index (κ3) is 2.46. The molecule has 0 bridgehead atoms. The molecule has 4 rings (SSSR count). The van der Waals surface area contributed by atoms with E-state index in [-0.39, 0.29) is 12.0 Å². The average Bonchev–Trinajstić information content (AvgIpc) is 2.98. The number of aromatic nitrogens is 2. The van der Waals surface area contributed by atoms with E-state index in [2.05, 4.69) is 23.6 Å². The molecule has 3 aromatic rings. The number of anilines is 1. The molecule has 0 spiro atoms. The second kappa shape index (κ2) is 6.16. The highest BCUT2D eigenvalue weighted by Gasteiger charge is 2.30. The van der Waals surface area contributed by atoms with E-state index >= 15 is 0 Å². The van der Waals surface area contributed by atoms with Crippen LogP contribution < -0.4 is 4.90 Å². The Morgan fingerprint density at radius 1 is 1.23 bits per heavy atom. The maximum absolute atomic E-state index is 11.7. The van der Waals surface area contributed by atoms with Crippen LogP contribution in [0, 0.1) is 0 Å². The molecule has 0 saturated heterocycles. The van der Waals surface area contributed by atoms with E-state index in [9.17, 15) is 9.90 Å². The molecular formula is C21H23N3O2. The summed E-state index contributed by atoms with van der Waals surface area (Å²) in [7, 11) is 2.04. The summed E-state index contributed by atoms with van der Waals surface area (Å²) in [5.41, 5.74) is 5.04. The molecule has 0 saturated carbocycles. The van der Waals surface area contributed by atoms with E-state index in [0.717, 1.165) is 41.0 Å². The highest BCUT2D eigenvalue weighted by atomic mass is 16.4. The quantitative estimate of drug-likeness (QED) is 0.739. The van der Waals surface area contributed by atoms with Crippen LogP contribution in [-0.4, -0.2) is 26.8 Å². The van der Waals surface area contributed by atoms with Crippen molar-refractivity contribution in [3.8, 4) is 0 Å². The number of aryl methyl sites for hydroxylation is 2. The lowest BCUT2D eigenvalue weighted by atomic mass is 9.96. The third-order valence-corrected chi connectivity index (χ3v) is 5.57. The predicted octanol–water partition coefficient (Wildman–Crippen LogP) is 4.54. The van der Waals surface area contributed by atoms with Crippen LogP contribution in [0.1, 0.15) is 43.1 Å². The summed E-state index contributed by atoms with van der Waals surface area (Å²) in [6.45, 7) is 4.12. The molecular weight excluding hydrogens is 326 g/mol. The number of rotatable bonds is 2. The predicted molar refractivity (Wildman–Crippen MR) is 103 cm³/mol. The molecule has 1 N–H and O–H groups in total. The van der Waals surface area contributed by atoms with Crippen LogP contribution in [0.25, 0.3) is 11.0 Å². The number of carbonyl (C=O) groups is 1. The summed E-state index contributed by atoms with van der Waals surface area (Å²) < 4.78 is 2.14. The number of nitrogens with zero attached hydrogens (tertiary/aromatic N) is 3. The van der Waals surface area contributed by atoms with Gasteiger partial charge in [0.2, 0.25) is 0 Å². The Labute approximate surface area is 152 Å². The summed E-state index contributed by atoms with van der Waals surface area (Å²) in [5, 5.41) is 9.62. The van der Waals surface area contributed by atoms with Gasteiger partial charge < -0.3 is 9.67 Å². The first-order valence-electron chi connectivity index (χ1n) is 9.04. The van der Waals surface area contributed by atoms with Crippen molar-refractivity contribution in [1.82, 2.24) is 9.55 Å². The molecule has 1 aliphatic heterocycles. The van der Waals surface area contributed by atoms with Crippen LogP contribution in [0.15, 0.2) is 42.5 Å². The van der Waals surface area contributed by atoms with E-state index in [1.165, 1.54) is 10.5 Å². The monoisotopic (exact) mass is 349 g/mol. The first-order valence-corrected chi connectivity index (χ1v) is 9.04. The van der Waals surface area contributed by atoms with Gasteiger partial charge in [-0.2, -0.15) is 0 Å². The van der Waals surface area contributed by atoms with Crippen LogP contribution in [0.2, 0.25) is 0 Å². The molecule has 1 aromatic heterocycles. The first-order chi connectivity index (χ1) is 12.5. The zero-order valence-corrected chi connectivity index (χ0v) is 15.3. The standard InChI is InChI=1S/C21H23N3O2/c1-13-9-10-16-17(24(13)21(25)26)11-12-18-19(16)22-20(23(18)3)14(2)15-7-5-4-6-8-15/h4-8,11-14H,9-10H2,1-3H3,(H,25,26)/t13-,14+/m0/s1. The molecule has 2 aromatic carbocycles. The van der Waals surface area contributed by atoms with Crippen molar-refractivity contribution in [2.45, 2.75) is 38.6 Å². The molecule has 0 radical (unpaired) electrons. The van der Waals surface area contributed by atoms with Gasteiger partial charge >= 0.3 is 6.09 Å². The van der Waals surface area contributed by atoms with Crippen molar-refractivity contribution in [3.63, 3.8) is 0 Å². The lowest BCUT2D eigenvalue weighted by Crippen LogP contribution is -2.41. The molecule has 5 nitrogen and oxygen atoms in total. The van der Waals surface area contributed by atoms with Crippen molar-refractivity contribution >= 4 is 22.8 Å². The number of fused-ring (bicyclic) bond motifs is 3. The van der Waals surface area contributed by atoms with E-state index < -0.39 is 6.09 Å². The molecule has 1 amide bonds. The Kier molecular flexibility index (Phi) is 3.94. The molecule has 0 aliphatic carbocycles. The van der Waals surface area contributed by atoms with Crippen molar-refractivity contribution in [2.24, 2.45) is 7.05 Å². The first kappa shape index (κ1) is 16.6. The fourth-order valence-electron chi connectivity index (χ4n) is 4.08. The largest absolute Gasteiger partial charge is 0.465 e. The summed E-state index contributed by atoms with van der Waals surface area (Å²) in [6.07, 6.45) is 0.776. The topological polar surface area (TPSA) is 58.4 Å². The fraction of sp³-hybridized carbons (Fsp3) is 0.333. The highest BCUT2D eigenvalue weighted by Crippen LogP contribution is 2.37. The van der Waals surface area contributed by atoms with Crippen molar-refractivity contribution < 1.29 is 9.90 Å². The minimum atomic E-state index is -0.897. The lowest BCUT2D eigenvalue weighted by molar-refractivity contribution is 0.198. The van der Waals surface area contributed by atoms with Crippen molar-refractivity contribution in [1.29, 1.82) is 0 Å². The Bertz CT molecular complexity index is 978. The van der Waals surface area contributed by atoms with Gasteiger partial charge in [0, 0.05) is 24.6 Å². The fourth-order valence-corrected chi connectivity index (χ4v) is 4.08. The number of hydrogen-bond donors (Lipinski definition) is 1. The van der Waals surface area contributed by atoms with Gasteiger partial charge in [-0.05, 0) is 37.5 Å². The van der Waals surface area contributed by atoms with Gasteiger partial charge in [-0.3, -0.25) is 4.90 Å². The van der Waals surface area contributed by atoms with Gasteiger partial charge in [-0.25, -0.2) is 9.78 Å². The third-order valence-electron chi connectivity index (χ3n) is 5.57. The number of hydrogen-bond acceptors (Lipinski definition) is 2. The summed E-state index contributed by atoms with van der Waals surface area (Å²) in [6, 6.07) is 14.3. The van der Waals surface area contributed by atoms with Crippen molar-refractivity contribution in [3.05, 3.63) is 59.4 Å². The van der Waals surface area contributed by atoms with Gasteiger partial charge in [-0.15, -0.1) is 0 Å². The Morgan fingerprint density at radius 2 is 1.96 bits per heavy atom. The Morgan fingerprint density at radius 3 is 2.65 bits per heavy atom. The molecule has 0 unspecified atom stereocenters. The molecule has 5 heteroatoms. The van der Waals surface area contributed by atoms with Gasteiger partial charge in [-0.1, -0.05) is 37.3 Å². The SMILES string of the molecule is C[C@H](c1ccccc1)c1nc2c3c(ccc2n1C)N(C(=O)O)[C@@H](C)CC3. The van der Waals surface area contributed by atoms with Crippen LogP contribution in [-0.2, 0) is 13.5 Å². The minimum Gasteiger partial charge on any atom is -0.465 e. The zero-order valence-electron chi connectivity index (χ0n) is 15.3. The van der Waals surface area contributed by atoms with Gasteiger partial charge in [0.05, 0.1) is 16.7 Å². The molecule has 26 heavy (non-hydrogen) atoms. The van der Waals surface area contributed by atoms with E-state index in [4.69, 9.17) is 4.98 Å². The second-order valence-electron chi connectivity index (χ2n) is 7.13. The normalized spacial score (nSPS) is 18.0. The minimum absolute atomic E-state index is 0.0103.